The lowest BCUT2D eigenvalue weighted by molar-refractivity contribution is 0.101. The molecule has 1 aromatic carbocycles. The summed E-state index contributed by atoms with van der Waals surface area (Å²) in [6.07, 6.45) is 5.99. The van der Waals surface area contributed by atoms with Crippen molar-refractivity contribution < 1.29 is 9.13 Å². The molecular weight excluding hydrogens is 273 g/mol. The van der Waals surface area contributed by atoms with E-state index in [9.17, 15) is 4.39 Å². The van der Waals surface area contributed by atoms with E-state index >= 15 is 0 Å². The van der Waals surface area contributed by atoms with Crippen molar-refractivity contribution in [1.82, 2.24) is 0 Å². The fourth-order valence-electron chi connectivity index (χ4n) is 2.79. The molecule has 0 bridgehead atoms. The Bertz CT molecular complexity index is 577. The Labute approximate surface area is 122 Å². The van der Waals surface area contributed by atoms with Gasteiger partial charge in [0.1, 0.15) is 5.82 Å². The Balaban J connectivity index is 1.58. The Morgan fingerprint density at radius 2 is 2.30 bits per heavy atom. The third-order valence-corrected chi connectivity index (χ3v) is 5.16. The predicted octanol–water partition coefficient (Wildman–Crippen LogP) is 4.39. The zero-order chi connectivity index (χ0) is 13.9. The van der Waals surface area contributed by atoms with Gasteiger partial charge in [0.2, 0.25) is 0 Å². The topological polar surface area (TPSA) is 35.2 Å². The first-order valence-electron chi connectivity index (χ1n) is 7.28. The smallest absolute Gasteiger partial charge is 0.124 e. The lowest BCUT2D eigenvalue weighted by atomic mass is 10.0. The van der Waals surface area contributed by atoms with E-state index in [0.29, 0.717) is 6.10 Å². The van der Waals surface area contributed by atoms with Crippen LogP contribution in [0.5, 0.6) is 0 Å². The Morgan fingerprint density at radius 1 is 1.40 bits per heavy atom. The van der Waals surface area contributed by atoms with Gasteiger partial charge in [0.15, 0.2) is 0 Å². The molecule has 2 aromatic rings. The van der Waals surface area contributed by atoms with E-state index in [1.807, 2.05) is 6.07 Å². The van der Waals surface area contributed by atoms with E-state index in [1.165, 1.54) is 18.9 Å². The van der Waals surface area contributed by atoms with E-state index in [1.54, 1.807) is 17.4 Å². The quantitative estimate of drug-likeness (QED) is 0.887. The minimum Gasteiger partial charge on any atom is -0.378 e. The third-order valence-electron chi connectivity index (χ3n) is 3.93. The molecule has 0 aliphatic carbocycles. The van der Waals surface area contributed by atoms with Crippen LogP contribution >= 0.6 is 11.3 Å². The second-order valence-corrected chi connectivity index (χ2v) is 6.62. The van der Waals surface area contributed by atoms with Crippen molar-refractivity contribution in [2.24, 2.45) is 5.73 Å². The number of hydrogen-bond acceptors (Lipinski definition) is 3. The summed E-state index contributed by atoms with van der Waals surface area (Å²) < 4.78 is 19.8. The molecule has 0 radical (unpaired) electrons. The second kappa shape index (κ2) is 6.20. The van der Waals surface area contributed by atoms with Crippen molar-refractivity contribution in [3.63, 3.8) is 0 Å². The highest BCUT2D eigenvalue weighted by Gasteiger charge is 2.16. The van der Waals surface area contributed by atoms with Crippen LogP contribution in [0, 0.1) is 5.82 Å². The molecular formula is C16H20FNOS. The molecule has 1 aliphatic heterocycles. The zero-order valence-electron chi connectivity index (χ0n) is 11.5. The fourth-order valence-corrected chi connectivity index (χ4v) is 3.91. The van der Waals surface area contributed by atoms with Gasteiger partial charge in [0.25, 0.3) is 0 Å². The monoisotopic (exact) mass is 293 g/mol. The molecule has 2 atom stereocenters. The van der Waals surface area contributed by atoms with E-state index in [-0.39, 0.29) is 11.9 Å². The van der Waals surface area contributed by atoms with Gasteiger partial charge in [-0.05, 0) is 55.7 Å². The molecule has 4 heteroatoms. The maximum absolute atomic E-state index is 13.2. The number of fused-ring (bicyclic) bond motifs is 1. The molecule has 3 rings (SSSR count). The molecule has 108 valence electrons. The number of halogens is 1. The van der Waals surface area contributed by atoms with Crippen LogP contribution in [0.25, 0.3) is 10.1 Å². The molecule has 0 spiro atoms. The lowest BCUT2D eigenvalue weighted by Crippen LogP contribution is -2.10. The summed E-state index contributed by atoms with van der Waals surface area (Å²) in [4.78, 5) is 1.15. The predicted molar refractivity (Wildman–Crippen MR) is 81.5 cm³/mol. The number of ether oxygens (including phenoxy) is 1. The standard InChI is InChI=1S/C16H20FNOS/c17-12-7-6-11-9-16(20-15(11)10-12)14(18)5-1-3-13-4-2-8-19-13/h6-7,9-10,13-14H,1-5,8,18H2. The van der Waals surface area contributed by atoms with Crippen LogP contribution in [0.2, 0.25) is 0 Å². The van der Waals surface area contributed by atoms with E-state index in [4.69, 9.17) is 10.5 Å². The third kappa shape index (κ3) is 3.19. The number of nitrogens with two attached hydrogens (primary N) is 1. The molecule has 2 N–H and O–H groups in total. The first-order valence-corrected chi connectivity index (χ1v) is 8.10. The van der Waals surface area contributed by atoms with Crippen LogP contribution in [0.1, 0.15) is 43.0 Å². The van der Waals surface area contributed by atoms with Crippen molar-refractivity contribution in [2.75, 3.05) is 6.61 Å². The van der Waals surface area contributed by atoms with Gasteiger partial charge in [0.05, 0.1) is 6.10 Å². The van der Waals surface area contributed by atoms with E-state index in [0.717, 1.165) is 40.8 Å². The summed E-state index contributed by atoms with van der Waals surface area (Å²) in [6.45, 7) is 0.915. The van der Waals surface area contributed by atoms with Crippen LogP contribution in [-0.2, 0) is 4.74 Å². The summed E-state index contributed by atoms with van der Waals surface area (Å²) in [5, 5.41) is 1.08. The van der Waals surface area contributed by atoms with Crippen LogP contribution in [0.4, 0.5) is 4.39 Å². The van der Waals surface area contributed by atoms with Crippen molar-refractivity contribution in [3.8, 4) is 0 Å². The number of thiophene rings is 1. The molecule has 0 saturated carbocycles. The zero-order valence-corrected chi connectivity index (χ0v) is 12.3. The van der Waals surface area contributed by atoms with Gasteiger partial charge in [-0.2, -0.15) is 0 Å². The highest BCUT2D eigenvalue weighted by Crippen LogP contribution is 2.32. The summed E-state index contributed by atoms with van der Waals surface area (Å²) in [6, 6.07) is 7.06. The molecule has 20 heavy (non-hydrogen) atoms. The summed E-state index contributed by atoms with van der Waals surface area (Å²) in [5.74, 6) is -0.183. The molecule has 2 unspecified atom stereocenters. The van der Waals surface area contributed by atoms with Crippen LogP contribution in [0.3, 0.4) is 0 Å². The van der Waals surface area contributed by atoms with Gasteiger partial charge in [-0.15, -0.1) is 11.3 Å². The maximum atomic E-state index is 13.2. The number of benzene rings is 1. The van der Waals surface area contributed by atoms with Crippen molar-refractivity contribution in [2.45, 2.75) is 44.2 Å². The second-order valence-electron chi connectivity index (χ2n) is 5.50. The lowest BCUT2D eigenvalue weighted by Gasteiger charge is -2.12. The molecule has 2 nitrogen and oxygen atoms in total. The van der Waals surface area contributed by atoms with Crippen LogP contribution in [-0.4, -0.2) is 12.7 Å². The van der Waals surface area contributed by atoms with Gasteiger partial charge in [0, 0.05) is 22.2 Å². The van der Waals surface area contributed by atoms with Crippen LogP contribution in [0.15, 0.2) is 24.3 Å². The SMILES string of the molecule is NC(CCCC1CCCO1)c1cc2ccc(F)cc2s1. The Hall–Kier alpha value is -0.970. The molecule has 1 aliphatic rings. The summed E-state index contributed by atoms with van der Waals surface area (Å²) in [7, 11) is 0. The van der Waals surface area contributed by atoms with Gasteiger partial charge < -0.3 is 10.5 Å². The number of hydrogen-bond donors (Lipinski definition) is 1. The highest BCUT2D eigenvalue weighted by molar-refractivity contribution is 7.19. The Kier molecular flexibility index (Phi) is 4.34. The molecule has 2 heterocycles. The average molecular weight is 293 g/mol. The summed E-state index contributed by atoms with van der Waals surface area (Å²) >= 11 is 1.61. The molecule has 1 saturated heterocycles. The highest BCUT2D eigenvalue weighted by atomic mass is 32.1. The van der Waals surface area contributed by atoms with Crippen LogP contribution < -0.4 is 5.73 Å². The molecule has 1 fully saturated rings. The minimum atomic E-state index is -0.183. The Morgan fingerprint density at radius 3 is 3.10 bits per heavy atom. The van der Waals surface area contributed by atoms with Crippen molar-refractivity contribution in [1.29, 1.82) is 0 Å². The van der Waals surface area contributed by atoms with Gasteiger partial charge in [-0.25, -0.2) is 4.39 Å². The van der Waals surface area contributed by atoms with E-state index < -0.39 is 0 Å². The minimum absolute atomic E-state index is 0.0527. The normalized spacial score (nSPS) is 20.6. The molecule has 1 aromatic heterocycles. The van der Waals surface area contributed by atoms with Crippen molar-refractivity contribution >= 4 is 21.4 Å². The first-order chi connectivity index (χ1) is 9.72. The maximum Gasteiger partial charge on any atom is 0.124 e. The van der Waals surface area contributed by atoms with Gasteiger partial charge >= 0.3 is 0 Å². The summed E-state index contributed by atoms with van der Waals surface area (Å²) in [5.41, 5.74) is 6.26. The first kappa shape index (κ1) is 14.0. The number of rotatable bonds is 5. The van der Waals surface area contributed by atoms with Gasteiger partial charge in [-0.3, -0.25) is 0 Å². The molecule has 0 amide bonds. The largest absolute Gasteiger partial charge is 0.378 e. The van der Waals surface area contributed by atoms with Crippen molar-refractivity contribution in [3.05, 3.63) is 35.0 Å². The average Bonchev–Trinajstić information content (AvgIpc) is 3.06. The fraction of sp³-hybridized carbons (Fsp3) is 0.500. The van der Waals surface area contributed by atoms with E-state index in [2.05, 4.69) is 6.07 Å². The van der Waals surface area contributed by atoms with Gasteiger partial charge in [-0.1, -0.05) is 6.07 Å².